The number of rotatable bonds is 6. The second-order valence-corrected chi connectivity index (χ2v) is 7.48. The van der Waals surface area contributed by atoms with Crippen molar-refractivity contribution in [1.82, 2.24) is 4.98 Å². The highest BCUT2D eigenvalue weighted by molar-refractivity contribution is 7.22. The second kappa shape index (κ2) is 8.93. The van der Waals surface area contributed by atoms with E-state index in [0.717, 1.165) is 21.5 Å². The Bertz CT molecular complexity index is 1240. The van der Waals surface area contributed by atoms with Crippen molar-refractivity contribution in [1.29, 1.82) is 0 Å². The van der Waals surface area contributed by atoms with E-state index < -0.39 is 11.7 Å². The molecule has 1 heterocycles. The first-order valence-corrected chi connectivity index (χ1v) is 10.1. The number of hydrogen-bond acceptors (Lipinski definition) is 6. The molecule has 3 aromatic carbocycles. The van der Waals surface area contributed by atoms with Crippen LogP contribution in [-0.2, 0) is 0 Å². The lowest BCUT2D eigenvalue weighted by Crippen LogP contribution is -2.25. The van der Waals surface area contributed by atoms with E-state index in [-0.39, 0.29) is 0 Å². The average molecular weight is 435 g/mol. The lowest BCUT2D eigenvalue weighted by atomic mass is 10.2. The monoisotopic (exact) mass is 435 g/mol. The van der Waals surface area contributed by atoms with Gasteiger partial charge >= 0.3 is 0 Å². The molecule has 4 aromatic rings. The third kappa shape index (κ3) is 4.54. The van der Waals surface area contributed by atoms with Gasteiger partial charge in [0.05, 0.1) is 30.7 Å². The summed E-state index contributed by atoms with van der Waals surface area (Å²) in [5.41, 5.74) is 1.79. The minimum Gasteiger partial charge on any atom is -0.497 e. The summed E-state index contributed by atoms with van der Waals surface area (Å²) in [6.45, 7) is 0. The zero-order valence-corrected chi connectivity index (χ0v) is 17.6. The number of carbonyl (C=O) groups excluding carboxylic acids is 1. The van der Waals surface area contributed by atoms with E-state index in [1.807, 2.05) is 24.3 Å². The summed E-state index contributed by atoms with van der Waals surface area (Å²) in [5, 5.41) is 6.01. The van der Waals surface area contributed by atoms with Gasteiger partial charge in [-0.25, -0.2) is 9.37 Å². The predicted molar refractivity (Wildman–Crippen MR) is 120 cm³/mol. The van der Waals surface area contributed by atoms with E-state index >= 15 is 0 Å². The van der Waals surface area contributed by atoms with Crippen LogP contribution in [0.5, 0.6) is 11.5 Å². The molecular weight excluding hydrogens is 417 g/mol. The Kier molecular flexibility index (Phi) is 5.90. The zero-order valence-electron chi connectivity index (χ0n) is 16.8. The Labute approximate surface area is 182 Å². The number of ether oxygens (including phenoxy) is 2. The predicted octanol–water partition coefficient (Wildman–Crippen LogP) is 5.13. The first kappa shape index (κ1) is 20.5. The average Bonchev–Trinajstić information content (AvgIpc) is 3.22. The molecule has 0 unspecified atom stereocenters. The highest BCUT2D eigenvalue weighted by Gasteiger charge is 2.21. The van der Waals surface area contributed by atoms with E-state index in [4.69, 9.17) is 9.47 Å². The van der Waals surface area contributed by atoms with Crippen LogP contribution in [-0.4, -0.2) is 31.3 Å². The first-order chi connectivity index (χ1) is 15.1. The Morgan fingerprint density at radius 2 is 1.68 bits per heavy atom. The number of benzene rings is 3. The summed E-state index contributed by atoms with van der Waals surface area (Å²) in [4.78, 5) is 17.7. The number of hydrazone groups is 1. The first-order valence-electron chi connectivity index (χ1n) is 9.30. The van der Waals surface area contributed by atoms with Crippen LogP contribution in [0.3, 0.4) is 0 Å². The van der Waals surface area contributed by atoms with Crippen LogP contribution in [0.15, 0.2) is 71.8 Å². The van der Waals surface area contributed by atoms with E-state index in [1.165, 1.54) is 40.6 Å². The fourth-order valence-electron chi connectivity index (χ4n) is 2.83. The van der Waals surface area contributed by atoms with Crippen molar-refractivity contribution in [3.05, 3.63) is 83.7 Å². The van der Waals surface area contributed by atoms with Gasteiger partial charge in [0.1, 0.15) is 17.3 Å². The van der Waals surface area contributed by atoms with Gasteiger partial charge < -0.3 is 9.47 Å². The molecule has 0 fully saturated rings. The minimum absolute atomic E-state index is 0.296. The normalized spacial score (nSPS) is 11.1. The van der Waals surface area contributed by atoms with Crippen molar-refractivity contribution < 1.29 is 18.7 Å². The van der Waals surface area contributed by atoms with E-state index in [2.05, 4.69) is 10.1 Å². The van der Waals surface area contributed by atoms with Crippen molar-refractivity contribution in [3.63, 3.8) is 0 Å². The Balaban J connectivity index is 1.73. The SMILES string of the molecule is COc1ccc(/C=N/N(C(=O)c2ccc(F)cc2)c2nc3ccc(OC)cc3s2)cc1. The van der Waals surface area contributed by atoms with Crippen LogP contribution in [0, 0.1) is 5.82 Å². The van der Waals surface area contributed by atoms with E-state index in [1.54, 1.807) is 38.6 Å². The fourth-order valence-corrected chi connectivity index (χ4v) is 3.78. The molecule has 0 saturated heterocycles. The number of amides is 1. The van der Waals surface area contributed by atoms with Gasteiger partial charge in [0, 0.05) is 5.56 Å². The number of nitrogens with zero attached hydrogens (tertiary/aromatic N) is 3. The highest BCUT2D eigenvalue weighted by atomic mass is 32.1. The molecule has 0 N–H and O–H groups in total. The fraction of sp³-hybridized carbons (Fsp3) is 0.0870. The number of thiazole rings is 1. The second-order valence-electron chi connectivity index (χ2n) is 6.47. The van der Waals surface area contributed by atoms with Crippen LogP contribution < -0.4 is 14.5 Å². The molecule has 0 radical (unpaired) electrons. The Hall–Kier alpha value is -3.78. The maximum absolute atomic E-state index is 13.3. The third-order valence-corrected chi connectivity index (χ3v) is 5.48. The lowest BCUT2D eigenvalue weighted by molar-refractivity contribution is 0.0988. The smallest absolute Gasteiger partial charge is 0.280 e. The molecule has 31 heavy (non-hydrogen) atoms. The molecule has 0 saturated carbocycles. The molecule has 0 spiro atoms. The number of aromatic nitrogens is 1. The van der Waals surface area contributed by atoms with Gasteiger partial charge in [-0.15, -0.1) is 0 Å². The molecule has 6 nitrogen and oxygen atoms in total. The van der Waals surface area contributed by atoms with Crippen molar-refractivity contribution in [2.45, 2.75) is 0 Å². The van der Waals surface area contributed by atoms with Crippen LogP contribution in [0.25, 0.3) is 10.2 Å². The van der Waals surface area contributed by atoms with Crippen molar-refractivity contribution in [2.75, 3.05) is 19.2 Å². The summed E-state index contributed by atoms with van der Waals surface area (Å²) in [6, 6.07) is 18.1. The highest BCUT2D eigenvalue weighted by Crippen LogP contribution is 2.32. The molecular formula is C23H18FN3O3S. The standard InChI is InChI=1S/C23H18FN3O3S/c1-29-18-9-3-15(4-10-18)14-25-27(22(28)16-5-7-17(24)8-6-16)23-26-20-12-11-19(30-2)13-21(20)31-23/h3-14H,1-2H3/b25-14+. The summed E-state index contributed by atoms with van der Waals surface area (Å²) >= 11 is 1.31. The largest absolute Gasteiger partial charge is 0.497 e. The molecule has 1 amide bonds. The van der Waals surface area contributed by atoms with Crippen LogP contribution in [0.2, 0.25) is 0 Å². The summed E-state index contributed by atoms with van der Waals surface area (Å²) in [7, 11) is 3.18. The Morgan fingerprint density at radius 3 is 2.35 bits per heavy atom. The molecule has 1 aromatic heterocycles. The van der Waals surface area contributed by atoms with Crippen LogP contribution in [0.1, 0.15) is 15.9 Å². The van der Waals surface area contributed by atoms with E-state index in [9.17, 15) is 9.18 Å². The number of anilines is 1. The molecule has 0 bridgehead atoms. The topological polar surface area (TPSA) is 64.0 Å². The van der Waals surface area contributed by atoms with Gasteiger partial charge in [-0.05, 0) is 72.3 Å². The molecule has 8 heteroatoms. The Morgan fingerprint density at radius 1 is 1.00 bits per heavy atom. The number of halogens is 1. The quantitative estimate of drug-likeness (QED) is 0.311. The molecule has 0 atom stereocenters. The lowest BCUT2D eigenvalue weighted by Gasteiger charge is -2.13. The maximum Gasteiger partial charge on any atom is 0.280 e. The summed E-state index contributed by atoms with van der Waals surface area (Å²) in [6.07, 6.45) is 1.56. The molecule has 4 rings (SSSR count). The number of carbonyl (C=O) groups is 1. The van der Waals surface area contributed by atoms with Gasteiger partial charge in [0.15, 0.2) is 0 Å². The zero-order chi connectivity index (χ0) is 21.8. The summed E-state index contributed by atoms with van der Waals surface area (Å²) < 4.78 is 24.6. The van der Waals surface area contributed by atoms with Crippen LogP contribution in [0.4, 0.5) is 9.52 Å². The third-order valence-electron chi connectivity index (χ3n) is 4.49. The van der Waals surface area contributed by atoms with Gasteiger partial charge in [-0.1, -0.05) is 11.3 Å². The minimum atomic E-state index is -0.421. The molecule has 0 aliphatic heterocycles. The molecule has 0 aliphatic carbocycles. The number of hydrogen-bond donors (Lipinski definition) is 0. The number of methoxy groups -OCH3 is 2. The van der Waals surface area contributed by atoms with Crippen molar-refractivity contribution >= 4 is 38.8 Å². The molecule has 0 aliphatic rings. The van der Waals surface area contributed by atoms with Gasteiger partial charge in [0.2, 0.25) is 5.13 Å². The van der Waals surface area contributed by atoms with Crippen molar-refractivity contribution in [2.24, 2.45) is 5.10 Å². The summed E-state index contributed by atoms with van der Waals surface area (Å²) in [5.74, 6) is 0.574. The van der Waals surface area contributed by atoms with Crippen LogP contribution >= 0.6 is 11.3 Å². The van der Waals surface area contributed by atoms with Gasteiger partial charge in [-0.3, -0.25) is 4.79 Å². The van der Waals surface area contributed by atoms with Crippen molar-refractivity contribution in [3.8, 4) is 11.5 Å². The number of fused-ring (bicyclic) bond motifs is 1. The molecule has 156 valence electrons. The van der Waals surface area contributed by atoms with Gasteiger partial charge in [-0.2, -0.15) is 10.1 Å². The van der Waals surface area contributed by atoms with E-state index in [0.29, 0.717) is 16.4 Å². The maximum atomic E-state index is 13.3. The van der Waals surface area contributed by atoms with Gasteiger partial charge in [0.25, 0.3) is 5.91 Å².